The Labute approximate surface area is 164 Å². The molecule has 1 saturated heterocycles. The van der Waals surface area contributed by atoms with Crippen LogP contribution in [0.1, 0.15) is 23.6 Å². The van der Waals surface area contributed by atoms with Crippen LogP contribution in [0.25, 0.3) is 11.0 Å². The second-order valence-corrected chi connectivity index (χ2v) is 7.15. The lowest BCUT2D eigenvalue weighted by Crippen LogP contribution is -2.46. The number of nitrogens with zero attached hydrogens (tertiary/aromatic N) is 4. The molecule has 0 bridgehead atoms. The zero-order chi connectivity index (χ0) is 19.5. The Bertz CT molecular complexity index is 1090. The average molecular weight is 373 g/mol. The lowest BCUT2D eigenvalue weighted by atomic mass is 10.1. The highest BCUT2D eigenvalue weighted by molar-refractivity contribution is 5.74. The van der Waals surface area contributed by atoms with Crippen molar-refractivity contribution in [2.75, 3.05) is 31.1 Å². The molecule has 3 aromatic rings. The van der Waals surface area contributed by atoms with E-state index < -0.39 is 0 Å². The molecule has 0 saturated carbocycles. The smallest absolute Gasteiger partial charge is 0.251 e. The number of rotatable bonds is 4. The maximum atomic E-state index is 12.1. The van der Waals surface area contributed by atoms with E-state index in [2.05, 4.69) is 25.8 Å². The van der Waals surface area contributed by atoms with Gasteiger partial charge in [0.25, 0.3) is 5.56 Å². The van der Waals surface area contributed by atoms with Gasteiger partial charge in [-0.1, -0.05) is 19.1 Å². The Balaban J connectivity index is 1.45. The first-order valence-electron chi connectivity index (χ1n) is 9.65. The molecule has 0 spiro atoms. The molecule has 1 aliphatic rings. The van der Waals surface area contributed by atoms with Crippen molar-refractivity contribution in [3.8, 4) is 6.07 Å². The van der Waals surface area contributed by atoms with Crippen LogP contribution in [0.4, 0.5) is 5.69 Å². The molecular weight excluding hydrogens is 350 g/mol. The van der Waals surface area contributed by atoms with Crippen molar-refractivity contribution in [1.29, 1.82) is 5.26 Å². The highest BCUT2D eigenvalue weighted by Gasteiger charge is 2.19. The Morgan fingerprint density at radius 2 is 1.96 bits per heavy atom. The Morgan fingerprint density at radius 3 is 2.71 bits per heavy atom. The fourth-order valence-corrected chi connectivity index (χ4v) is 3.77. The summed E-state index contributed by atoms with van der Waals surface area (Å²) < 4.78 is 0. The minimum absolute atomic E-state index is 0.0290. The molecule has 2 aromatic heterocycles. The van der Waals surface area contributed by atoms with Gasteiger partial charge in [0.2, 0.25) is 0 Å². The van der Waals surface area contributed by atoms with E-state index in [-0.39, 0.29) is 5.56 Å². The van der Waals surface area contributed by atoms with Gasteiger partial charge >= 0.3 is 0 Å². The van der Waals surface area contributed by atoms with Gasteiger partial charge in [-0.05, 0) is 36.2 Å². The number of aryl methyl sites for hydroxylation is 1. The van der Waals surface area contributed by atoms with E-state index in [0.717, 1.165) is 66.1 Å². The normalized spacial score (nSPS) is 14.9. The minimum atomic E-state index is -0.0290. The molecule has 0 aliphatic carbocycles. The molecule has 3 heterocycles. The first kappa shape index (κ1) is 18.2. The van der Waals surface area contributed by atoms with Crippen molar-refractivity contribution in [3.63, 3.8) is 0 Å². The molecule has 1 aromatic carbocycles. The molecule has 1 N–H and O–H groups in total. The van der Waals surface area contributed by atoms with E-state index in [0.29, 0.717) is 6.42 Å². The summed E-state index contributed by atoms with van der Waals surface area (Å²) in [7, 11) is 0. The topological polar surface area (TPSA) is 76.0 Å². The van der Waals surface area contributed by atoms with Crippen molar-refractivity contribution in [1.82, 2.24) is 14.9 Å². The maximum Gasteiger partial charge on any atom is 0.251 e. The third-order valence-electron chi connectivity index (χ3n) is 5.35. The molecule has 142 valence electrons. The van der Waals surface area contributed by atoms with Crippen LogP contribution in [0, 0.1) is 11.3 Å². The zero-order valence-corrected chi connectivity index (χ0v) is 16.0. The molecule has 0 amide bonds. The van der Waals surface area contributed by atoms with Gasteiger partial charge in [0.1, 0.15) is 6.07 Å². The van der Waals surface area contributed by atoms with Crippen LogP contribution in [-0.2, 0) is 13.0 Å². The summed E-state index contributed by atoms with van der Waals surface area (Å²) in [6.45, 7) is 6.38. The monoisotopic (exact) mass is 373 g/mol. The van der Waals surface area contributed by atoms with Crippen molar-refractivity contribution in [2.24, 2.45) is 0 Å². The number of hydrogen-bond donors (Lipinski definition) is 1. The van der Waals surface area contributed by atoms with Gasteiger partial charge in [0, 0.05) is 44.5 Å². The van der Waals surface area contributed by atoms with Gasteiger partial charge in [0.15, 0.2) is 0 Å². The SMILES string of the molecule is CCc1cc2ncc(CN3CCN(c4ccccc4C#N)CC3)cc2[nH]c1=O. The largest absolute Gasteiger partial charge is 0.368 e. The summed E-state index contributed by atoms with van der Waals surface area (Å²) in [5, 5.41) is 9.32. The number of nitriles is 1. The number of anilines is 1. The van der Waals surface area contributed by atoms with Crippen LogP contribution in [0.3, 0.4) is 0 Å². The van der Waals surface area contributed by atoms with Crippen molar-refractivity contribution >= 4 is 16.7 Å². The average Bonchev–Trinajstić information content (AvgIpc) is 2.73. The lowest BCUT2D eigenvalue weighted by molar-refractivity contribution is 0.249. The highest BCUT2D eigenvalue weighted by Crippen LogP contribution is 2.22. The van der Waals surface area contributed by atoms with Gasteiger partial charge < -0.3 is 9.88 Å². The Hall–Kier alpha value is -3.17. The molecule has 0 atom stereocenters. The molecule has 28 heavy (non-hydrogen) atoms. The number of aromatic amines is 1. The van der Waals surface area contributed by atoms with Crippen molar-refractivity contribution in [2.45, 2.75) is 19.9 Å². The second kappa shape index (κ2) is 7.83. The van der Waals surface area contributed by atoms with E-state index in [9.17, 15) is 10.1 Å². The molecule has 4 rings (SSSR count). The van der Waals surface area contributed by atoms with Crippen molar-refractivity contribution in [3.05, 3.63) is 69.6 Å². The number of piperazine rings is 1. The minimum Gasteiger partial charge on any atom is -0.368 e. The zero-order valence-electron chi connectivity index (χ0n) is 16.0. The summed E-state index contributed by atoms with van der Waals surface area (Å²) in [4.78, 5) is 24.2. The van der Waals surface area contributed by atoms with Gasteiger partial charge in [-0.2, -0.15) is 5.26 Å². The Morgan fingerprint density at radius 1 is 1.18 bits per heavy atom. The van der Waals surface area contributed by atoms with Crippen LogP contribution < -0.4 is 10.5 Å². The van der Waals surface area contributed by atoms with Crippen LogP contribution in [0.15, 0.2) is 47.4 Å². The fraction of sp³-hybridized carbons (Fsp3) is 0.318. The van der Waals surface area contributed by atoms with E-state index in [1.807, 2.05) is 49.5 Å². The van der Waals surface area contributed by atoms with E-state index >= 15 is 0 Å². The predicted molar refractivity (Wildman–Crippen MR) is 110 cm³/mol. The number of aromatic nitrogens is 2. The summed E-state index contributed by atoms with van der Waals surface area (Å²) in [5.41, 5.74) is 5.20. The number of para-hydroxylation sites is 1. The molecule has 1 aliphatic heterocycles. The van der Waals surface area contributed by atoms with E-state index in [4.69, 9.17) is 0 Å². The Kier molecular flexibility index (Phi) is 5.09. The van der Waals surface area contributed by atoms with Crippen molar-refractivity contribution < 1.29 is 0 Å². The summed E-state index contributed by atoms with van der Waals surface area (Å²) in [5.74, 6) is 0. The maximum absolute atomic E-state index is 12.1. The number of hydrogen-bond acceptors (Lipinski definition) is 5. The first-order valence-corrected chi connectivity index (χ1v) is 9.65. The molecule has 6 heteroatoms. The molecule has 6 nitrogen and oxygen atoms in total. The van der Waals surface area contributed by atoms with Gasteiger partial charge in [0.05, 0.1) is 22.3 Å². The van der Waals surface area contributed by atoms with Crippen LogP contribution in [0.5, 0.6) is 0 Å². The number of benzene rings is 1. The van der Waals surface area contributed by atoms with Crippen LogP contribution in [0.2, 0.25) is 0 Å². The quantitative estimate of drug-likeness (QED) is 0.761. The number of fused-ring (bicyclic) bond motifs is 1. The molecule has 0 unspecified atom stereocenters. The molecule has 0 radical (unpaired) electrons. The number of pyridine rings is 2. The van der Waals surface area contributed by atoms with Gasteiger partial charge in [-0.3, -0.25) is 14.7 Å². The third kappa shape index (κ3) is 3.62. The summed E-state index contributed by atoms with van der Waals surface area (Å²) >= 11 is 0. The summed E-state index contributed by atoms with van der Waals surface area (Å²) in [6.07, 6.45) is 2.60. The summed E-state index contributed by atoms with van der Waals surface area (Å²) in [6, 6.07) is 14.0. The fourth-order valence-electron chi connectivity index (χ4n) is 3.77. The van der Waals surface area contributed by atoms with E-state index in [1.165, 1.54) is 0 Å². The standard InChI is InChI=1S/C22H23N5O/c1-2-17-12-19-20(25-22(17)28)11-16(14-24-19)15-26-7-9-27(10-8-26)21-6-4-3-5-18(21)13-23/h3-6,11-12,14H,2,7-10,15H2,1H3,(H,25,28). The second-order valence-electron chi connectivity index (χ2n) is 7.15. The highest BCUT2D eigenvalue weighted by atomic mass is 16.1. The number of H-pyrrole nitrogens is 1. The lowest BCUT2D eigenvalue weighted by Gasteiger charge is -2.36. The predicted octanol–water partition coefficient (Wildman–Crippen LogP) is 2.68. The third-order valence-corrected chi connectivity index (χ3v) is 5.35. The molecule has 1 fully saturated rings. The van der Waals surface area contributed by atoms with Crippen LogP contribution >= 0.6 is 0 Å². The van der Waals surface area contributed by atoms with Gasteiger partial charge in [-0.25, -0.2) is 0 Å². The van der Waals surface area contributed by atoms with E-state index in [1.54, 1.807) is 0 Å². The van der Waals surface area contributed by atoms with Crippen LogP contribution in [-0.4, -0.2) is 41.0 Å². The number of nitrogens with one attached hydrogen (secondary N) is 1. The molecular formula is C22H23N5O. The first-order chi connectivity index (χ1) is 13.7. The van der Waals surface area contributed by atoms with Gasteiger partial charge in [-0.15, -0.1) is 0 Å².